The van der Waals surface area contributed by atoms with E-state index in [1.165, 1.54) is 87.2 Å². The quantitative estimate of drug-likeness (QED) is 0.128. The van der Waals surface area contributed by atoms with Crippen LogP contribution in [0.1, 0.15) is 0 Å². The molecule has 310 valence electrons. The Balaban J connectivity index is 0.945. The van der Waals surface area contributed by atoms with Gasteiger partial charge in [0.25, 0.3) is 0 Å². The van der Waals surface area contributed by atoms with Crippen molar-refractivity contribution >= 4 is 81.4 Å². The zero-order chi connectivity index (χ0) is 44.0. The van der Waals surface area contributed by atoms with Gasteiger partial charge in [-0.05, 0) is 143 Å². The minimum Gasteiger partial charge on any atom is -0.292 e. The molecule has 0 N–H and O–H groups in total. The van der Waals surface area contributed by atoms with Gasteiger partial charge in [0.15, 0.2) is 0 Å². The molecule has 3 aromatic heterocycles. The van der Waals surface area contributed by atoms with E-state index in [0.717, 1.165) is 50.1 Å². The number of pyridine rings is 2. The molecule has 0 bridgehead atoms. The highest BCUT2D eigenvalue weighted by Gasteiger charge is 2.20. The Bertz CT molecular complexity index is 4330. The molecule has 3 heteroatoms. The van der Waals surface area contributed by atoms with E-state index in [4.69, 9.17) is 9.97 Å². The molecule has 0 unspecified atom stereocenters. The van der Waals surface area contributed by atoms with Gasteiger partial charge in [0.2, 0.25) is 0 Å². The third-order valence-corrected chi connectivity index (χ3v) is 13.9. The van der Waals surface area contributed by atoms with Crippen molar-refractivity contribution < 1.29 is 0 Å². The first-order valence-corrected chi connectivity index (χ1v) is 23.0. The summed E-state index contributed by atoms with van der Waals surface area (Å²) in [4.78, 5) is 10.6. The summed E-state index contributed by atoms with van der Waals surface area (Å²) in [5, 5.41) is 13.3. The molecule has 3 heterocycles. The van der Waals surface area contributed by atoms with Crippen LogP contribution in [0.4, 0.5) is 0 Å². The van der Waals surface area contributed by atoms with E-state index >= 15 is 0 Å². The van der Waals surface area contributed by atoms with Crippen LogP contribution in [0.2, 0.25) is 0 Å². The summed E-state index contributed by atoms with van der Waals surface area (Å²) in [5.74, 6) is 0. The lowest BCUT2D eigenvalue weighted by Gasteiger charge is -2.19. The average Bonchev–Trinajstić information content (AvgIpc) is 3.80. The zero-order valence-electron chi connectivity index (χ0n) is 36.4. The molecule has 0 aliphatic heterocycles. The number of hydrogen-bond acceptors (Lipinski definition) is 2. The summed E-state index contributed by atoms with van der Waals surface area (Å²) in [6, 6.07) is 86.1. The molecule has 0 radical (unpaired) electrons. The van der Waals surface area contributed by atoms with E-state index in [0.29, 0.717) is 0 Å². The van der Waals surface area contributed by atoms with E-state index < -0.39 is 0 Å². The smallest absolute Gasteiger partial charge is 0.146 e. The Morgan fingerprint density at radius 2 is 0.746 bits per heavy atom. The zero-order valence-corrected chi connectivity index (χ0v) is 36.4. The maximum atomic E-state index is 5.43. The van der Waals surface area contributed by atoms with Crippen LogP contribution in [0.3, 0.4) is 0 Å². The molecule has 0 aliphatic carbocycles. The van der Waals surface area contributed by atoms with E-state index in [-0.39, 0.29) is 0 Å². The SMILES string of the molecule is c1cc(-c2ccc3c(-c4ccc(-c5ccc6ccccc6c5)cc4)c4ccccc4c(-c4ccc5ccccc5c4)c3c2)nc(-c2ccc3c(c2)c2ccccc2n2c4ccccc4nc32)c1. The van der Waals surface area contributed by atoms with Crippen molar-refractivity contribution in [1.82, 2.24) is 14.4 Å². The number of imidazole rings is 1. The van der Waals surface area contributed by atoms with Crippen molar-refractivity contribution in [1.29, 1.82) is 0 Å². The van der Waals surface area contributed by atoms with Crippen LogP contribution >= 0.6 is 0 Å². The number of benzene rings is 11. The Hall–Kier alpha value is -8.92. The van der Waals surface area contributed by atoms with Gasteiger partial charge in [0.1, 0.15) is 5.65 Å². The van der Waals surface area contributed by atoms with Gasteiger partial charge in [0.05, 0.1) is 27.9 Å². The molecule has 0 saturated carbocycles. The summed E-state index contributed by atoms with van der Waals surface area (Å²) < 4.78 is 2.30. The Kier molecular flexibility index (Phi) is 8.28. The van der Waals surface area contributed by atoms with Gasteiger partial charge in [-0.25, -0.2) is 9.97 Å². The van der Waals surface area contributed by atoms with Crippen molar-refractivity contribution in [2.45, 2.75) is 0 Å². The fourth-order valence-electron chi connectivity index (χ4n) is 10.7. The molecule has 14 rings (SSSR count). The summed E-state index contributed by atoms with van der Waals surface area (Å²) in [5.41, 5.74) is 15.5. The van der Waals surface area contributed by atoms with Gasteiger partial charge in [0, 0.05) is 21.9 Å². The van der Waals surface area contributed by atoms with Crippen LogP contribution in [0.15, 0.2) is 237 Å². The van der Waals surface area contributed by atoms with Crippen LogP contribution in [0, 0.1) is 0 Å². The van der Waals surface area contributed by atoms with Gasteiger partial charge in [-0.3, -0.25) is 4.40 Å². The number of aromatic nitrogens is 3. The Morgan fingerprint density at radius 3 is 1.46 bits per heavy atom. The predicted molar refractivity (Wildman–Crippen MR) is 283 cm³/mol. The molecule has 0 amide bonds. The van der Waals surface area contributed by atoms with Crippen molar-refractivity contribution in [2.24, 2.45) is 0 Å². The van der Waals surface area contributed by atoms with Crippen LogP contribution in [0.25, 0.3) is 137 Å². The molecule has 0 spiro atoms. The van der Waals surface area contributed by atoms with Gasteiger partial charge in [-0.2, -0.15) is 0 Å². The first-order valence-electron chi connectivity index (χ1n) is 23.0. The van der Waals surface area contributed by atoms with Crippen molar-refractivity contribution in [3.05, 3.63) is 237 Å². The fourth-order valence-corrected chi connectivity index (χ4v) is 10.7. The van der Waals surface area contributed by atoms with Crippen LogP contribution in [0.5, 0.6) is 0 Å². The van der Waals surface area contributed by atoms with Gasteiger partial charge in [-0.1, -0.05) is 176 Å². The summed E-state index contributed by atoms with van der Waals surface area (Å²) in [7, 11) is 0. The molecular formula is C64H39N3. The highest BCUT2D eigenvalue weighted by atomic mass is 15.0. The van der Waals surface area contributed by atoms with E-state index in [1.807, 2.05) is 0 Å². The summed E-state index contributed by atoms with van der Waals surface area (Å²) in [6.07, 6.45) is 0. The lowest BCUT2D eigenvalue weighted by molar-refractivity contribution is 1.31. The summed E-state index contributed by atoms with van der Waals surface area (Å²) >= 11 is 0. The van der Waals surface area contributed by atoms with E-state index in [9.17, 15) is 0 Å². The standard InChI is InChI=1S/C64H39N3/c1-3-14-44-36-46(30-26-40(44)12-1)42-24-28-43(29-25-42)62-51-17-5-6-18-52(51)63(49-31-27-41-13-2-4-15-45(41)37-49)56-39-48(32-34-53(56)62)58-21-11-20-57(65-58)47-33-35-54-55(38-47)50-16-7-9-22-60(50)67-61-23-10-8-19-59(61)66-64(54)67/h1-39H. The Morgan fingerprint density at radius 1 is 0.254 bits per heavy atom. The van der Waals surface area contributed by atoms with Crippen molar-refractivity contribution in [2.75, 3.05) is 0 Å². The topological polar surface area (TPSA) is 30.2 Å². The van der Waals surface area contributed by atoms with Crippen molar-refractivity contribution in [3.63, 3.8) is 0 Å². The van der Waals surface area contributed by atoms with E-state index in [2.05, 4.69) is 241 Å². The molecule has 0 atom stereocenters. The Labute approximate surface area is 386 Å². The van der Waals surface area contributed by atoms with E-state index in [1.54, 1.807) is 0 Å². The fraction of sp³-hybridized carbons (Fsp3) is 0. The highest BCUT2D eigenvalue weighted by molar-refractivity contribution is 6.22. The maximum absolute atomic E-state index is 5.43. The lowest BCUT2D eigenvalue weighted by Crippen LogP contribution is -1.94. The number of rotatable bonds is 5. The average molecular weight is 850 g/mol. The van der Waals surface area contributed by atoms with Gasteiger partial charge in [-0.15, -0.1) is 0 Å². The van der Waals surface area contributed by atoms with Crippen LogP contribution in [-0.4, -0.2) is 14.4 Å². The molecule has 0 saturated heterocycles. The largest absolute Gasteiger partial charge is 0.292 e. The monoisotopic (exact) mass is 849 g/mol. The third kappa shape index (κ3) is 5.99. The predicted octanol–water partition coefficient (Wildman–Crippen LogP) is 17.1. The van der Waals surface area contributed by atoms with Gasteiger partial charge >= 0.3 is 0 Å². The third-order valence-electron chi connectivity index (χ3n) is 13.9. The number of nitrogens with zero attached hydrogens (tertiary/aromatic N) is 3. The molecule has 11 aromatic carbocycles. The molecular weight excluding hydrogens is 811 g/mol. The van der Waals surface area contributed by atoms with Gasteiger partial charge < -0.3 is 0 Å². The van der Waals surface area contributed by atoms with Crippen LogP contribution < -0.4 is 0 Å². The molecule has 3 nitrogen and oxygen atoms in total. The minimum atomic E-state index is 0.928. The second kappa shape index (κ2) is 14.8. The van der Waals surface area contributed by atoms with Crippen molar-refractivity contribution in [3.8, 4) is 55.9 Å². The first kappa shape index (κ1) is 37.5. The number of para-hydroxylation sites is 3. The molecule has 0 fully saturated rings. The second-order valence-corrected chi connectivity index (χ2v) is 17.7. The second-order valence-electron chi connectivity index (χ2n) is 17.7. The highest BCUT2D eigenvalue weighted by Crippen LogP contribution is 2.46. The maximum Gasteiger partial charge on any atom is 0.146 e. The molecule has 14 aromatic rings. The number of hydrogen-bond donors (Lipinski definition) is 0. The number of fused-ring (bicyclic) bond motifs is 12. The van der Waals surface area contributed by atoms with Crippen LogP contribution in [-0.2, 0) is 0 Å². The molecule has 67 heavy (non-hydrogen) atoms. The lowest BCUT2D eigenvalue weighted by atomic mass is 9.84. The minimum absolute atomic E-state index is 0.928. The normalized spacial score (nSPS) is 11.9. The summed E-state index contributed by atoms with van der Waals surface area (Å²) in [6.45, 7) is 0. The first-order chi connectivity index (χ1) is 33.2. The molecule has 0 aliphatic rings.